The Morgan fingerprint density at radius 3 is 2.00 bits per heavy atom. The number of rotatable bonds is 6. The van der Waals surface area contributed by atoms with Gasteiger partial charge in [0.1, 0.15) is 0 Å². The summed E-state index contributed by atoms with van der Waals surface area (Å²) in [4.78, 5) is 0. The molecule has 0 saturated heterocycles. The van der Waals surface area contributed by atoms with Gasteiger partial charge in [-0.15, -0.1) is 0 Å². The van der Waals surface area contributed by atoms with Gasteiger partial charge in [0.05, 0.1) is 0 Å². The van der Waals surface area contributed by atoms with Gasteiger partial charge in [0.25, 0.3) is 0 Å². The van der Waals surface area contributed by atoms with E-state index in [0.717, 1.165) is 13.0 Å². The van der Waals surface area contributed by atoms with Crippen molar-refractivity contribution in [2.45, 2.75) is 74.3 Å². The van der Waals surface area contributed by atoms with Gasteiger partial charge in [0, 0.05) is 6.04 Å². The lowest BCUT2D eigenvalue weighted by atomic mass is 9.77. The highest BCUT2D eigenvalue weighted by Gasteiger charge is 2.24. The highest BCUT2D eigenvalue weighted by atomic mass is 14.9. The van der Waals surface area contributed by atoms with Gasteiger partial charge in [0.2, 0.25) is 0 Å². The van der Waals surface area contributed by atoms with Gasteiger partial charge in [-0.25, -0.2) is 0 Å². The van der Waals surface area contributed by atoms with Crippen LogP contribution in [0.3, 0.4) is 0 Å². The fourth-order valence-electron chi connectivity index (χ4n) is 3.09. The van der Waals surface area contributed by atoms with Crippen LogP contribution in [-0.2, 0) is 6.42 Å². The SMILES string of the molecule is CCNC(Cc1c(C)cc(C)cc1C)CC(C)C(C)(C)C. The molecule has 1 aromatic carbocycles. The summed E-state index contributed by atoms with van der Waals surface area (Å²) in [7, 11) is 0. The summed E-state index contributed by atoms with van der Waals surface area (Å²) in [5, 5.41) is 3.70. The highest BCUT2D eigenvalue weighted by Crippen LogP contribution is 2.30. The second kappa shape index (κ2) is 7.45. The lowest BCUT2D eigenvalue weighted by Crippen LogP contribution is -2.35. The van der Waals surface area contributed by atoms with Gasteiger partial charge in [-0.3, -0.25) is 0 Å². The molecule has 1 nitrogen and oxygen atoms in total. The van der Waals surface area contributed by atoms with Crippen molar-refractivity contribution in [1.29, 1.82) is 0 Å². The maximum absolute atomic E-state index is 3.70. The van der Waals surface area contributed by atoms with Crippen molar-refractivity contribution in [2.75, 3.05) is 6.54 Å². The molecule has 1 heteroatoms. The molecule has 0 fully saturated rings. The maximum Gasteiger partial charge on any atom is 0.0110 e. The van der Waals surface area contributed by atoms with E-state index in [4.69, 9.17) is 0 Å². The standard InChI is InChI=1S/C20H35N/c1-9-21-18(12-17(5)20(6,7)8)13-19-15(3)10-14(2)11-16(19)4/h10-11,17-18,21H,9,12-13H2,1-8H3. The van der Waals surface area contributed by atoms with Crippen molar-refractivity contribution in [2.24, 2.45) is 11.3 Å². The van der Waals surface area contributed by atoms with E-state index in [9.17, 15) is 0 Å². The van der Waals surface area contributed by atoms with E-state index in [1.807, 2.05) is 0 Å². The van der Waals surface area contributed by atoms with Crippen LogP contribution in [0.15, 0.2) is 12.1 Å². The Morgan fingerprint density at radius 1 is 1.05 bits per heavy atom. The number of likely N-dealkylation sites (N-methyl/N-ethyl adjacent to an activating group) is 1. The van der Waals surface area contributed by atoms with Crippen LogP contribution >= 0.6 is 0 Å². The normalized spacial score (nSPS) is 15.0. The largest absolute Gasteiger partial charge is 0.314 e. The fraction of sp³-hybridized carbons (Fsp3) is 0.700. The molecule has 0 aromatic heterocycles. The van der Waals surface area contributed by atoms with Crippen LogP contribution in [0.25, 0.3) is 0 Å². The average Bonchev–Trinajstić information content (AvgIpc) is 2.32. The zero-order valence-corrected chi connectivity index (χ0v) is 15.4. The molecule has 0 amide bonds. The van der Waals surface area contributed by atoms with Gasteiger partial charge < -0.3 is 5.32 Å². The molecule has 2 atom stereocenters. The smallest absolute Gasteiger partial charge is 0.0110 e. The zero-order valence-electron chi connectivity index (χ0n) is 15.4. The Hall–Kier alpha value is -0.820. The molecule has 0 saturated carbocycles. The Labute approximate surface area is 132 Å². The molecule has 1 aromatic rings. The molecule has 0 aliphatic rings. The fourth-order valence-corrected chi connectivity index (χ4v) is 3.09. The molecule has 0 radical (unpaired) electrons. The molecule has 120 valence electrons. The van der Waals surface area contributed by atoms with Gasteiger partial charge in [-0.2, -0.15) is 0 Å². The van der Waals surface area contributed by atoms with Crippen LogP contribution < -0.4 is 5.32 Å². The number of hydrogen-bond acceptors (Lipinski definition) is 1. The summed E-state index contributed by atoms with van der Waals surface area (Å²) in [5.74, 6) is 0.715. The third-order valence-electron chi connectivity index (χ3n) is 4.90. The minimum atomic E-state index is 0.380. The van der Waals surface area contributed by atoms with Crippen LogP contribution in [-0.4, -0.2) is 12.6 Å². The van der Waals surface area contributed by atoms with E-state index >= 15 is 0 Å². The molecular formula is C20H35N. The van der Waals surface area contributed by atoms with Crippen molar-refractivity contribution in [3.8, 4) is 0 Å². The van der Waals surface area contributed by atoms with Crippen LogP contribution in [0, 0.1) is 32.1 Å². The topological polar surface area (TPSA) is 12.0 Å². The molecule has 2 unspecified atom stereocenters. The quantitative estimate of drug-likeness (QED) is 0.758. The molecular weight excluding hydrogens is 254 g/mol. The van der Waals surface area contributed by atoms with Crippen molar-refractivity contribution >= 4 is 0 Å². The third kappa shape index (κ3) is 5.47. The zero-order chi connectivity index (χ0) is 16.2. The monoisotopic (exact) mass is 289 g/mol. The lowest BCUT2D eigenvalue weighted by Gasteiger charge is -2.31. The van der Waals surface area contributed by atoms with E-state index in [0.29, 0.717) is 17.4 Å². The Bertz CT molecular complexity index is 430. The molecule has 1 N–H and O–H groups in total. The van der Waals surface area contributed by atoms with Crippen LogP contribution in [0.2, 0.25) is 0 Å². The van der Waals surface area contributed by atoms with E-state index in [1.165, 1.54) is 28.7 Å². The number of nitrogens with one attached hydrogen (secondary N) is 1. The van der Waals surface area contributed by atoms with E-state index in [1.54, 1.807) is 0 Å². The van der Waals surface area contributed by atoms with E-state index in [-0.39, 0.29) is 0 Å². The molecule has 0 spiro atoms. The highest BCUT2D eigenvalue weighted by molar-refractivity contribution is 5.38. The number of aryl methyl sites for hydroxylation is 3. The summed E-state index contributed by atoms with van der Waals surface area (Å²) in [6, 6.07) is 5.21. The first-order chi connectivity index (χ1) is 9.65. The summed E-state index contributed by atoms with van der Waals surface area (Å²) < 4.78 is 0. The first-order valence-corrected chi connectivity index (χ1v) is 8.45. The average molecular weight is 290 g/mol. The van der Waals surface area contributed by atoms with Gasteiger partial charge in [-0.05, 0) is 68.2 Å². The second-order valence-electron chi connectivity index (χ2n) is 7.84. The van der Waals surface area contributed by atoms with E-state index < -0.39 is 0 Å². The van der Waals surface area contributed by atoms with Crippen LogP contribution in [0.4, 0.5) is 0 Å². The van der Waals surface area contributed by atoms with Crippen molar-refractivity contribution in [3.63, 3.8) is 0 Å². The summed E-state index contributed by atoms with van der Waals surface area (Å²) in [6.45, 7) is 19.4. The lowest BCUT2D eigenvalue weighted by molar-refractivity contribution is 0.222. The second-order valence-corrected chi connectivity index (χ2v) is 7.84. The molecule has 1 rings (SSSR count). The Balaban J connectivity index is 2.89. The number of benzene rings is 1. The molecule has 0 bridgehead atoms. The van der Waals surface area contributed by atoms with Gasteiger partial charge in [-0.1, -0.05) is 52.3 Å². The van der Waals surface area contributed by atoms with Crippen LogP contribution in [0.1, 0.15) is 63.3 Å². The first-order valence-electron chi connectivity index (χ1n) is 8.45. The maximum atomic E-state index is 3.70. The summed E-state index contributed by atoms with van der Waals surface area (Å²) >= 11 is 0. The predicted molar refractivity (Wildman–Crippen MR) is 95.1 cm³/mol. The Morgan fingerprint density at radius 2 is 1.57 bits per heavy atom. The molecule has 21 heavy (non-hydrogen) atoms. The predicted octanol–water partition coefficient (Wildman–Crippen LogP) is 5.20. The minimum absolute atomic E-state index is 0.380. The Kier molecular flexibility index (Phi) is 6.46. The third-order valence-corrected chi connectivity index (χ3v) is 4.90. The number of hydrogen-bond donors (Lipinski definition) is 1. The van der Waals surface area contributed by atoms with E-state index in [2.05, 4.69) is 72.8 Å². The van der Waals surface area contributed by atoms with Crippen LogP contribution in [0.5, 0.6) is 0 Å². The summed E-state index contributed by atoms with van der Waals surface area (Å²) in [6.07, 6.45) is 2.39. The minimum Gasteiger partial charge on any atom is -0.314 e. The van der Waals surface area contributed by atoms with Crippen molar-refractivity contribution in [3.05, 3.63) is 34.4 Å². The van der Waals surface area contributed by atoms with Crippen molar-refractivity contribution < 1.29 is 0 Å². The van der Waals surface area contributed by atoms with Gasteiger partial charge >= 0.3 is 0 Å². The van der Waals surface area contributed by atoms with Crippen molar-refractivity contribution in [1.82, 2.24) is 5.32 Å². The van der Waals surface area contributed by atoms with Gasteiger partial charge in [0.15, 0.2) is 0 Å². The summed E-state index contributed by atoms with van der Waals surface area (Å²) in [5.41, 5.74) is 6.17. The molecule has 0 aliphatic heterocycles. The molecule has 0 aliphatic carbocycles. The molecule has 0 heterocycles. The first kappa shape index (κ1) is 18.2.